The maximum absolute atomic E-state index is 13.3. The summed E-state index contributed by atoms with van der Waals surface area (Å²) in [5.41, 5.74) is 3.66. The van der Waals surface area contributed by atoms with Crippen molar-refractivity contribution in [3.8, 4) is 17.0 Å². The average Bonchev–Trinajstić information content (AvgIpc) is 3.30. The number of nitrogens with one attached hydrogen (secondary N) is 1. The van der Waals surface area contributed by atoms with E-state index in [0.717, 1.165) is 29.5 Å². The van der Waals surface area contributed by atoms with Crippen LogP contribution >= 0.6 is 0 Å². The van der Waals surface area contributed by atoms with E-state index >= 15 is 0 Å². The standard InChI is InChI=1S/C24H23FN4O2/c1-2-31-23-13-21(16-5-8-18(25)9-6-16)29-22-12-17(7-10-20(22)23)24(30)27-11-3-4-19-14-26-15-28-19/h5-10,12-13,15H,2-4,11,14H2,1H3,(H,27,30). The largest absolute Gasteiger partial charge is 0.493 e. The molecule has 0 saturated carbocycles. The molecule has 7 heteroatoms. The Kier molecular flexibility index (Phi) is 6.31. The summed E-state index contributed by atoms with van der Waals surface area (Å²) < 4.78 is 19.1. The zero-order valence-corrected chi connectivity index (χ0v) is 17.3. The highest BCUT2D eigenvalue weighted by molar-refractivity contribution is 5.99. The summed E-state index contributed by atoms with van der Waals surface area (Å²) >= 11 is 0. The van der Waals surface area contributed by atoms with Gasteiger partial charge in [0.05, 0.1) is 24.4 Å². The van der Waals surface area contributed by atoms with E-state index in [1.165, 1.54) is 12.1 Å². The number of fused-ring (bicyclic) bond motifs is 1. The molecule has 0 bridgehead atoms. The lowest BCUT2D eigenvalue weighted by Gasteiger charge is -2.12. The Morgan fingerprint density at radius 3 is 2.74 bits per heavy atom. The molecule has 1 aliphatic rings. The van der Waals surface area contributed by atoms with Gasteiger partial charge < -0.3 is 10.1 Å². The highest BCUT2D eigenvalue weighted by atomic mass is 19.1. The number of pyridine rings is 1. The van der Waals surface area contributed by atoms with Gasteiger partial charge in [-0.05, 0) is 62.2 Å². The first kappa shape index (κ1) is 20.7. The molecule has 1 aliphatic heterocycles. The van der Waals surface area contributed by atoms with Crippen molar-refractivity contribution < 1.29 is 13.9 Å². The summed E-state index contributed by atoms with van der Waals surface area (Å²) in [5.74, 6) is 0.220. The molecule has 0 spiro atoms. The van der Waals surface area contributed by atoms with Gasteiger partial charge in [-0.1, -0.05) is 0 Å². The monoisotopic (exact) mass is 418 g/mol. The second-order valence-electron chi connectivity index (χ2n) is 7.19. The number of halogens is 1. The second kappa shape index (κ2) is 9.47. The van der Waals surface area contributed by atoms with Crippen LogP contribution in [-0.4, -0.2) is 42.6 Å². The van der Waals surface area contributed by atoms with Crippen molar-refractivity contribution in [2.45, 2.75) is 19.8 Å². The van der Waals surface area contributed by atoms with Gasteiger partial charge in [0.2, 0.25) is 0 Å². The summed E-state index contributed by atoms with van der Waals surface area (Å²) in [7, 11) is 0. The predicted molar refractivity (Wildman–Crippen MR) is 121 cm³/mol. The van der Waals surface area contributed by atoms with Gasteiger partial charge in [-0.15, -0.1) is 0 Å². The first-order chi connectivity index (χ1) is 15.1. The third-order valence-electron chi connectivity index (χ3n) is 5.00. The molecule has 1 amide bonds. The molecule has 3 aromatic rings. The fourth-order valence-electron chi connectivity index (χ4n) is 3.43. The molecule has 4 rings (SSSR count). The van der Waals surface area contributed by atoms with Crippen molar-refractivity contribution in [2.24, 2.45) is 9.98 Å². The van der Waals surface area contributed by atoms with Crippen molar-refractivity contribution in [3.05, 3.63) is 59.9 Å². The Bertz CT molecular complexity index is 1160. The van der Waals surface area contributed by atoms with Gasteiger partial charge in [-0.2, -0.15) is 0 Å². The van der Waals surface area contributed by atoms with Crippen molar-refractivity contribution in [2.75, 3.05) is 19.7 Å². The second-order valence-corrected chi connectivity index (χ2v) is 7.19. The summed E-state index contributed by atoms with van der Waals surface area (Å²) in [4.78, 5) is 25.6. The molecule has 158 valence electrons. The summed E-state index contributed by atoms with van der Waals surface area (Å²) in [6, 6.07) is 13.4. The van der Waals surface area contributed by atoms with Gasteiger partial charge in [-0.3, -0.25) is 9.79 Å². The minimum Gasteiger partial charge on any atom is -0.493 e. The molecular weight excluding hydrogens is 395 g/mol. The van der Waals surface area contributed by atoms with Crippen LogP contribution in [0.1, 0.15) is 30.1 Å². The highest BCUT2D eigenvalue weighted by Crippen LogP contribution is 2.31. The molecule has 1 aromatic heterocycles. The van der Waals surface area contributed by atoms with Gasteiger partial charge in [0.25, 0.3) is 5.91 Å². The summed E-state index contributed by atoms with van der Waals surface area (Å²) in [6.07, 6.45) is 3.20. The number of rotatable bonds is 8. The normalized spacial score (nSPS) is 12.8. The molecule has 0 unspecified atom stereocenters. The zero-order valence-electron chi connectivity index (χ0n) is 17.3. The van der Waals surface area contributed by atoms with Crippen LogP contribution in [0, 0.1) is 5.82 Å². The van der Waals surface area contributed by atoms with Gasteiger partial charge >= 0.3 is 0 Å². The Labute approximate surface area is 179 Å². The van der Waals surface area contributed by atoms with Crippen LogP contribution < -0.4 is 10.1 Å². The fourth-order valence-corrected chi connectivity index (χ4v) is 3.43. The quantitative estimate of drug-likeness (QED) is 0.550. The molecule has 2 aromatic carbocycles. The highest BCUT2D eigenvalue weighted by Gasteiger charge is 2.13. The molecular formula is C24H23FN4O2. The van der Waals surface area contributed by atoms with E-state index in [1.807, 2.05) is 19.1 Å². The van der Waals surface area contributed by atoms with E-state index in [0.29, 0.717) is 42.2 Å². The van der Waals surface area contributed by atoms with E-state index < -0.39 is 0 Å². The molecule has 1 N–H and O–H groups in total. The van der Waals surface area contributed by atoms with Gasteiger partial charge in [0, 0.05) is 34.8 Å². The Hall–Kier alpha value is -3.61. The molecule has 0 saturated heterocycles. The van der Waals surface area contributed by atoms with Crippen molar-refractivity contribution in [3.63, 3.8) is 0 Å². The van der Waals surface area contributed by atoms with Gasteiger partial charge in [-0.25, -0.2) is 14.4 Å². The number of carbonyl (C=O) groups excluding carboxylic acids is 1. The van der Waals surface area contributed by atoms with Crippen molar-refractivity contribution >= 4 is 28.9 Å². The van der Waals surface area contributed by atoms with E-state index in [9.17, 15) is 9.18 Å². The number of hydrogen-bond acceptors (Lipinski definition) is 5. The fraction of sp³-hybridized carbons (Fsp3) is 0.250. The number of carbonyl (C=O) groups is 1. The zero-order chi connectivity index (χ0) is 21.6. The van der Waals surface area contributed by atoms with E-state index in [-0.39, 0.29) is 11.7 Å². The van der Waals surface area contributed by atoms with Crippen LogP contribution in [0.15, 0.2) is 58.5 Å². The number of ether oxygens (including phenoxy) is 1. The number of benzene rings is 2. The van der Waals surface area contributed by atoms with Crippen LogP contribution in [0.3, 0.4) is 0 Å². The number of nitrogens with zero attached hydrogens (tertiary/aromatic N) is 3. The third-order valence-corrected chi connectivity index (χ3v) is 5.00. The lowest BCUT2D eigenvalue weighted by molar-refractivity contribution is 0.0953. The lowest BCUT2D eigenvalue weighted by Crippen LogP contribution is -2.25. The van der Waals surface area contributed by atoms with Gasteiger partial charge in [0.15, 0.2) is 0 Å². The molecule has 0 fully saturated rings. The maximum Gasteiger partial charge on any atom is 0.251 e. The van der Waals surface area contributed by atoms with Crippen LogP contribution in [-0.2, 0) is 0 Å². The van der Waals surface area contributed by atoms with Gasteiger partial charge in [0.1, 0.15) is 17.9 Å². The Morgan fingerprint density at radius 2 is 2.00 bits per heavy atom. The smallest absolute Gasteiger partial charge is 0.251 e. The molecule has 0 radical (unpaired) electrons. The topological polar surface area (TPSA) is 75.9 Å². The van der Waals surface area contributed by atoms with E-state index in [1.54, 1.807) is 30.6 Å². The minimum atomic E-state index is -0.305. The van der Waals surface area contributed by atoms with Crippen LogP contribution in [0.25, 0.3) is 22.2 Å². The van der Waals surface area contributed by atoms with E-state index in [4.69, 9.17) is 9.72 Å². The number of hydrogen-bond donors (Lipinski definition) is 1. The minimum absolute atomic E-state index is 0.154. The van der Waals surface area contributed by atoms with E-state index in [2.05, 4.69) is 15.3 Å². The maximum atomic E-state index is 13.3. The lowest BCUT2D eigenvalue weighted by atomic mass is 10.1. The Balaban J connectivity index is 1.54. The molecule has 0 aliphatic carbocycles. The van der Waals surface area contributed by atoms with Crippen LogP contribution in [0.5, 0.6) is 5.75 Å². The number of aromatic nitrogens is 1. The molecule has 31 heavy (non-hydrogen) atoms. The first-order valence-electron chi connectivity index (χ1n) is 10.3. The van der Waals surface area contributed by atoms with Crippen molar-refractivity contribution in [1.29, 1.82) is 0 Å². The number of aliphatic imine (C=N–C) groups is 2. The molecule has 0 atom stereocenters. The third kappa shape index (κ3) is 4.94. The molecule has 6 nitrogen and oxygen atoms in total. The Morgan fingerprint density at radius 1 is 1.16 bits per heavy atom. The summed E-state index contributed by atoms with van der Waals surface area (Å²) in [5, 5.41) is 3.77. The number of amides is 1. The van der Waals surface area contributed by atoms with Crippen molar-refractivity contribution in [1.82, 2.24) is 10.3 Å². The van der Waals surface area contributed by atoms with Crippen LogP contribution in [0.2, 0.25) is 0 Å². The first-order valence-corrected chi connectivity index (χ1v) is 10.3. The SMILES string of the molecule is CCOc1cc(-c2ccc(F)cc2)nc2cc(C(=O)NCCCC3=NC=NC3)ccc12. The summed E-state index contributed by atoms with van der Waals surface area (Å²) in [6.45, 7) is 3.63. The average molecular weight is 418 g/mol. The molecule has 2 heterocycles. The van der Waals surface area contributed by atoms with Crippen LogP contribution in [0.4, 0.5) is 4.39 Å². The predicted octanol–water partition coefficient (Wildman–Crippen LogP) is 4.43.